The van der Waals surface area contributed by atoms with Gasteiger partial charge in [0.15, 0.2) is 17.8 Å². The molecule has 2 aliphatic carbocycles. The van der Waals surface area contributed by atoms with Gasteiger partial charge in [-0.2, -0.15) is 0 Å². The van der Waals surface area contributed by atoms with E-state index in [1.807, 2.05) is 51.1 Å². The van der Waals surface area contributed by atoms with Gasteiger partial charge in [-0.25, -0.2) is 9.59 Å². The van der Waals surface area contributed by atoms with Crippen LogP contribution in [0.5, 0.6) is 0 Å². The van der Waals surface area contributed by atoms with Crippen molar-refractivity contribution in [3.8, 4) is 0 Å². The molecule has 4 heterocycles. The van der Waals surface area contributed by atoms with Crippen LogP contribution in [0.4, 0.5) is 0 Å². The standard InChI is InChI=1S/C27H30O11/c1-11-19(30)35-17-15(29)25-16-13(28)14(23(2,3)4)24(25)18(34-10-12-8-6-5-7-9-12)20(31)37-22(24)38-27(25,21(32)36-16)26(11,17)33/h5-9,11,13-18,22,28-29,33H,10H2,1-4H3/t11-,13+,14+,15+,16-,17+,18+,22+,24-,25+,26-,27-/m1/s1. The summed E-state index contributed by atoms with van der Waals surface area (Å²) in [6.45, 7) is 6.92. The summed E-state index contributed by atoms with van der Waals surface area (Å²) in [6, 6.07) is 9.11. The van der Waals surface area contributed by atoms with E-state index in [0.717, 1.165) is 5.56 Å². The van der Waals surface area contributed by atoms with Gasteiger partial charge in [-0.15, -0.1) is 0 Å². The number of fused-ring (bicyclic) bond motifs is 1. The van der Waals surface area contributed by atoms with Crippen molar-refractivity contribution in [3.05, 3.63) is 35.9 Å². The van der Waals surface area contributed by atoms with Crippen molar-refractivity contribution in [3.63, 3.8) is 0 Å². The Bertz CT molecular complexity index is 1260. The first-order chi connectivity index (χ1) is 17.8. The maximum atomic E-state index is 13.8. The number of carbonyl (C=O) groups excluding carboxylic acids is 3. The summed E-state index contributed by atoms with van der Waals surface area (Å²) in [6.07, 6.45) is -8.97. The number of carbonyl (C=O) groups is 3. The Hall–Kier alpha value is -2.57. The first-order valence-electron chi connectivity index (χ1n) is 12.9. The first kappa shape index (κ1) is 24.5. The average Bonchev–Trinajstić information content (AvgIpc) is 3.55. The molecule has 11 nitrogen and oxygen atoms in total. The zero-order valence-electron chi connectivity index (χ0n) is 21.3. The predicted molar refractivity (Wildman–Crippen MR) is 122 cm³/mol. The number of hydrogen-bond donors (Lipinski definition) is 3. The molecule has 0 radical (unpaired) electrons. The lowest BCUT2D eigenvalue weighted by Gasteiger charge is -2.48. The van der Waals surface area contributed by atoms with Gasteiger partial charge >= 0.3 is 17.9 Å². The number of aliphatic hydroxyl groups is 3. The largest absolute Gasteiger partial charge is 0.456 e. The van der Waals surface area contributed by atoms with Gasteiger partial charge in [0.1, 0.15) is 12.2 Å². The molecule has 204 valence electrons. The van der Waals surface area contributed by atoms with Crippen LogP contribution >= 0.6 is 0 Å². The fraction of sp³-hybridized carbons (Fsp3) is 0.667. The Kier molecular flexibility index (Phi) is 4.47. The number of ether oxygens (including phenoxy) is 5. The number of esters is 3. The Morgan fingerprint density at radius 2 is 1.66 bits per heavy atom. The van der Waals surface area contributed by atoms with Crippen LogP contribution in [0.15, 0.2) is 30.3 Å². The molecule has 1 aromatic rings. The van der Waals surface area contributed by atoms with Crippen molar-refractivity contribution in [2.45, 2.75) is 82.3 Å². The van der Waals surface area contributed by atoms with Crippen molar-refractivity contribution in [2.24, 2.45) is 28.1 Å². The van der Waals surface area contributed by atoms with E-state index in [1.165, 1.54) is 6.92 Å². The number of hydrogen-bond acceptors (Lipinski definition) is 11. The van der Waals surface area contributed by atoms with Crippen LogP contribution in [0.3, 0.4) is 0 Å². The van der Waals surface area contributed by atoms with Gasteiger partial charge < -0.3 is 39.0 Å². The van der Waals surface area contributed by atoms with E-state index in [-0.39, 0.29) is 6.61 Å². The van der Waals surface area contributed by atoms with E-state index in [4.69, 9.17) is 23.7 Å². The SMILES string of the molecule is C[C@@H]1C(=O)O[C@H]2[C@H](O)[C@@]34[C@@H]5OC(=O)[C@]3(O[C@@H]3OC(=O)[C@H](OCc6ccccc6)[C@]34[C@H](C(C)(C)C)[C@@H]5O)[C@@]12O. The summed E-state index contributed by atoms with van der Waals surface area (Å²) in [7, 11) is 0. The maximum Gasteiger partial charge on any atom is 0.343 e. The molecule has 1 aromatic carbocycles. The molecule has 0 aromatic heterocycles. The van der Waals surface area contributed by atoms with E-state index < -0.39 is 94.0 Å². The molecule has 7 rings (SSSR count). The summed E-state index contributed by atoms with van der Waals surface area (Å²) >= 11 is 0. The number of rotatable bonds is 3. The Labute approximate surface area is 217 Å². The molecule has 2 spiro atoms. The van der Waals surface area contributed by atoms with Crippen molar-refractivity contribution in [1.29, 1.82) is 0 Å². The van der Waals surface area contributed by atoms with Gasteiger partial charge in [0, 0.05) is 5.92 Å². The van der Waals surface area contributed by atoms with Crippen molar-refractivity contribution in [2.75, 3.05) is 0 Å². The molecule has 4 aliphatic heterocycles. The van der Waals surface area contributed by atoms with E-state index in [9.17, 15) is 29.7 Å². The van der Waals surface area contributed by atoms with Crippen LogP contribution < -0.4 is 0 Å². The second kappa shape index (κ2) is 6.95. The quantitative estimate of drug-likeness (QED) is 0.352. The maximum absolute atomic E-state index is 13.8. The van der Waals surface area contributed by atoms with Crippen LogP contribution in [0.2, 0.25) is 0 Å². The lowest BCUT2D eigenvalue weighted by molar-refractivity contribution is -0.240. The van der Waals surface area contributed by atoms with Crippen molar-refractivity contribution in [1.82, 2.24) is 0 Å². The smallest absolute Gasteiger partial charge is 0.343 e. The molecule has 12 atom stereocenters. The third-order valence-corrected chi connectivity index (χ3v) is 10.2. The van der Waals surface area contributed by atoms with Gasteiger partial charge in [-0.3, -0.25) is 4.79 Å². The molecule has 0 unspecified atom stereocenters. The second-order valence-corrected chi connectivity index (χ2v) is 12.6. The summed E-state index contributed by atoms with van der Waals surface area (Å²) in [4.78, 5) is 40.0. The molecule has 2 saturated carbocycles. The highest BCUT2D eigenvalue weighted by atomic mass is 16.8. The minimum absolute atomic E-state index is 0.0141. The zero-order valence-corrected chi connectivity index (χ0v) is 21.3. The molecular weight excluding hydrogens is 500 g/mol. The van der Waals surface area contributed by atoms with Crippen molar-refractivity contribution >= 4 is 17.9 Å². The number of aliphatic hydroxyl groups excluding tert-OH is 2. The Morgan fingerprint density at radius 1 is 0.974 bits per heavy atom. The Balaban J connectivity index is 1.50. The van der Waals surface area contributed by atoms with E-state index >= 15 is 0 Å². The number of benzene rings is 1. The third kappa shape index (κ3) is 2.13. The average molecular weight is 531 g/mol. The summed E-state index contributed by atoms with van der Waals surface area (Å²) in [5, 5.41) is 36.1. The molecule has 6 fully saturated rings. The van der Waals surface area contributed by atoms with Gasteiger partial charge in [-0.1, -0.05) is 51.1 Å². The molecule has 0 amide bonds. The van der Waals surface area contributed by atoms with Gasteiger partial charge in [0.25, 0.3) is 0 Å². The van der Waals surface area contributed by atoms with E-state index in [1.54, 1.807) is 0 Å². The van der Waals surface area contributed by atoms with Crippen LogP contribution in [0, 0.1) is 28.1 Å². The minimum atomic E-state index is -2.36. The van der Waals surface area contributed by atoms with Gasteiger partial charge in [0.05, 0.1) is 29.5 Å². The molecule has 0 bridgehead atoms. The van der Waals surface area contributed by atoms with Gasteiger partial charge in [-0.05, 0) is 17.9 Å². The van der Waals surface area contributed by atoms with Gasteiger partial charge in [0.2, 0.25) is 11.9 Å². The molecule has 3 N–H and O–H groups in total. The normalized spacial score (nSPS) is 51.8. The summed E-state index contributed by atoms with van der Waals surface area (Å²) in [5.41, 5.74) is -8.32. The molecule has 11 heteroatoms. The fourth-order valence-electron chi connectivity index (χ4n) is 9.20. The highest BCUT2D eigenvalue weighted by molar-refractivity contribution is 5.94. The summed E-state index contributed by atoms with van der Waals surface area (Å²) < 4.78 is 29.6. The summed E-state index contributed by atoms with van der Waals surface area (Å²) in [5.74, 6) is -4.79. The second-order valence-electron chi connectivity index (χ2n) is 12.6. The van der Waals surface area contributed by atoms with Crippen LogP contribution in [-0.2, 0) is 44.7 Å². The monoisotopic (exact) mass is 530 g/mol. The molecule has 6 aliphatic rings. The van der Waals surface area contributed by atoms with Crippen LogP contribution in [-0.4, -0.2) is 81.2 Å². The van der Waals surface area contributed by atoms with E-state index in [2.05, 4.69) is 0 Å². The van der Waals surface area contributed by atoms with Crippen LogP contribution in [0.25, 0.3) is 0 Å². The topological polar surface area (TPSA) is 158 Å². The zero-order chi connectivity index (χ0) is 27.2. The molecular formula is C27H30O11. The fourth-order valence-corrected chi connectivity index (χ4v) is 9.20. The lowest BCUT2D eigenvalue weighted by atomic mass is 9.51. The highest BCUT2D eigenvalue weighted by Gasteiger charge is 3.05. The van der Waals surface area contributed by atoms with Crippen molar-refractivity contribution < 1.29 is 53.4 Å². The first-order valence-corrected chi connectivity index (χ1v) is 12.9. The van der Waals surface area contributed by atoms with Crippen LogP contribution in [0.1, 0.15) is 33.3 Å². The highest BCUT2D eigenvalue weighted by Crippen LogP contribution is 2.84. The third-order valence-electron chi connectivity index (χ3n) is 10.2. The molecule has 38 heavy (non-hydrogen) atoms. The minimum Gasteiger partial charge on any atom is -0.456 e. The predicted octanol–water partition coefficient (Wildman–Crippen LogP) is -0.174. The molecule has 4 saturated heterocycles. The van der Waals surface area contributed by atoms with E-state index in [0.29, 0.717) is 0 Å². The lowest BCUT2D eigenvalue weighted by Crippen LogP contribution is -2.67. The Morgan fingerprint density at radius 3 is 2.32 bits per heavy atom.